The molecule has 0 atom stereocenters. The number of nitro benzene ring substituents is 1. The number of hydrogen-bond acceptors (Lipinski definition) is 9. The predicted molar refractivity (Wildman–Crippen MR) is 104 cm³/mol. The van der Waals surface area contributed by atoms with Gasteiger partial charge in [-0.05, 0) is 30.3 Å². The van der Waals surface area contributed by atoms with Crippen LogP contribution in [0.4, 0.5) is 11.4 Å². The fourth-order valence-electron chi connectivity index (χ4n) is 2.19. The zero-order valence-electron chi connectivity index (χ0n) is 14.5. The summed E-state index contributed by atoms with van der Waals surface area (Å²) in [5, 5.41) is 26.1. The van der Waals surface area contributed by atoms with Gasteiger partial charge in [-0.3, -0.25) is 14.9 Å². The van der Waals surface area contributed by atoms with E-state index in [1.54, 1.807) is 0 Å². The maximum atomic E-state index is 12.0. The molecule has 3 aromatic rings. The number of rotatable bonds is 7. The van der Waals surface area contributed by atoms with E-state index in [1.807, 2.05) is 0 Å². The first-order valence-corrected chi connectivity index (χ1v) is 10.4. The molecule has 150 valence electrons. The van der Waals surface area contributed by atoms with Gasteiger partial charge in [-0.2, -0.15) is 0 Å². The summed E-state index contributed by atoms with van der Waals surface area (Å²) in [4.78, 5) is 22.2. The SMILES string of the molecule is NS(=O)(=O)c1ccc(-c2nnc(SCC(=O)Nc3cccc([N+](=O)[O-])c3)o2)cc1. The third kappa shape index (κ3) is 5.37. The highest BCUT2D eigenvalue weighted by Crippen LogP contribution is 2.24. The molecule has 0 fully saturated rings. The molecule has 0 bridgehead atoms. The van der Waals surface area contributed by atoms with Gasteiger partial charge in [0, 0.05) is 23.4 Å². The lowest BCUT2D eigenvalue weighted by Gasteiger charge is -2.03. The van der Waals surface area contributed by atoms with Gasteiger partial charge in [-0.25, -0.2) is 13.6 Å². The molecular formula is C16H13N5O6S2. The number of aromatic nitrogens is 2. The van der Waals surface area contributed by atoms with Crippen molar-refractivity contribution < 1.29 is 22.6 Å². The summed E-state index contributed by atoms with van der Waals surface area (Å²) in [6.07, 6.45) is 0. The van der Waals surface area contributed by atoms with Gasteiger partial charge >= 0.3 is 0 Å². The Bertz CT molecular complexity index is 1160. The van der Waals surface area contributed by atoms with E-state index in [2.05, 4.69) is 15.5 Å². The summed E-state index contributed by atoms with van der Waals surface area (Å²) >= 11 is 0.979. The first-order valence-electron chi connectivity index (χ1n) is 7.86. The summed E-state index contributed by atoms with van der Waals surface area (Å²) in [5.41, 5.74) is 0.647. The van der Waals surface area contributed by atoms with E-state index >= 15 is 0 Å². The van der Waals surface area contributed by atoms with Crippen LogP contribution in [0, 0.1) is 10.1 Å². The van der Waals surface area contributed by atoms with Crippen LogP contribution in [0.3, 0.4) is 0 Å². The van der Waals surface area contributed by atoms with E-state index in [0.29, 0.717) is 11.3 Å². The number of carbonyl (C=O) groups is 1. The van der Waals surface area contributed by atoms with Gasteiger partial charge in [-0.15, -0.1) is 10.2 Å². The molecule has 0 unspecified atom stereocenters. The van der Waals surface area contributed by atoms with Crippen molar-refractivity contribution in [2.45, 2.75) is 10.1 Å². The summed E-state index contributed by atoms with van der Waals surface area (Å²) in [5.74, 6) is -0.324. The second kappa shape index (κ2) is 8.38. The monoisotopic (exact) mass is 435 g/mol. The second-order valence-corrected chi connectivity index (χ2v) is 8.07. The smallest absolute Gasteiger partial charge is 0.277 e. The lowest BCUT2D eigenvalue weighted by Crippen LogP contribution is -2.14. The minimum Gasteiger partial charge on any atom is -0.411 e. The fourth-order valence-corrected chi connectivity index (χ4v) is 3.27. The third-order valence-corrected chi connectivity index (χ3v) is 5.25. The van der Waals surface area contributed by atoms with Crippen LogP contribution in [0.15, 0.2) is 63.1 Å². The van der Waals surface area contributed by atoms with Crippen molar-refractivity contribution >= 4 is 39.1 Å². The number of hydrogen-bond donors (Lipinski definition) is 2. The first kappa shape index (κ1) is 20.4. The van der Waals surface area contributed by atoms with Gasteiger partial charge in [0.1, 0.15) is 0 Å². The van der Waals surface area contributed by atoms with Crippen LogP contribution < -0.4 is 10.5 Å². The zero-order chi connectivity index (χ0) is 21.0. The topological polar surface area (TPSA) is 171 Å². The van der Waals surface area contributed by atoms with Gasteiger partial charge in [0.15, 0.2) is 0 Å². The van der Waals surface area contributed by atoms with E-state index in [0.717, 1.165) is 11.8 Å². The van der Waals surface area contributed by atoms with Crippen LogP contribution in [0.5, 0.6) is 0 Å². The first-order chi connectivity index (χ1) is 13.7. The van der Waals surface area contributed by atoms with Gasteiger partial charge in [-0.1, -0.05) is 17.8 Å². The quantitative estimate of drug-likeness (QED) is 0.320. The summed E-state index contributed by atoms with van der Waals surface area (Å²) in [6, 6.07) is 11.1. The molecule has 1 aromatic heterocycles. The number of nitrogens with one attached hydrogen (secondary N) is 1. The molecule has 11 nitrogen and oxygen atoms in total. The molecule has 1 amide bonds. The number of nitrogens with two attached hydrogens (primary N) is 1. The van der Waals surface area contributed by atoms with E-state index in [-0.39, 0.29) is 27.4 Å². The summed E-state index contributed by atoms with van der Waals surface area (Å²) in [6.45, 7) is 0. The number of carbonyl (C=O) groups excluding carboxylic acids is 1. The number of amides is 1. The van der Waals surface area contributed by atoms with E-state index < -0.39 is 20.9 Å². The molecule has 0 saturated heterocycles. The van der Waals surface area contributed by atoms with Gasteiger partial charge < -0.3 is 9.73 Å². The van der Waals surface area contributed by atoms with Crippen LogP contribution in [0.1, 0.15) is 0 Å². The van der Waals surface area contributed by atoms with E-state index in [4.69, 9.17) is 9.56 Å². The molecule has 3 N–H and O–H groups in total. The van der Waals surface area contributed by atoms with Gasteiger partial charge in [0.25, 0.3) is 10.9 Å². The average Bonchev–Trinajstić information content (AvgIpc) is 3.15. The number of nitrogens with zero attached hydrogens (tertiary/aromatic N) is 3. The third-order valence-electron chi connectivity index (χ3n) is 3.50. The van der Waals surface area contributed by atoms with Gasteiger partial charge in [0.05, 0.1) is 15.6 Å². The number of nitro groups is 1. The number of sulfonamides is 1. The second-order valence-electron chi connectivity index (χ2n) is 5.59. The Morgan fingerprint density at radius 3 is 2.59 bits per heavy atom. The number of anilines is 1. The van der Waals surface area contributed by atoms with Crippen LogP contribution in [0.2, 0.25) is 0 Å². The lowest BCUT2D eigenvalue weighted by molar-refractivity contribution is -0.384. The Hall–Kier alpha value is -3.29. The van der Waals surface area contributed by atoms with Crippen molar-refractivity contribution in [3.63, 3.8) is 0 Å². The van der Waals surface area contributed by atoms with Crippen molar-refractivity contribution in [2.24, 2.45) is 5.14 Å². The van der Waals surface area contributed by atoms with Crippen molar-refractivity contribution in [3.8, 4) is 11.5 Å². The Balaban J connectivity index is 1.60. The maximum absolute atomic E-state index is 12.0. The standard InChI is InChI=1S/C16H13N5O6S2/c17-29(25,26)13-6-4-10(5-7-13)15-19-20-16(27-15)28-9-14(22)18-11-2-1-3-12(8-11)21(23)24/h1-8H,9H2,(H,18,22)(H2,17,25,26). The van der Waals surface area contributed by atoms with Crippen LogP contribution >= 0.6 is 11.8 Å². The highest BCUT2D eigenvalue weighted by Gasteiger charge is 2.14. The van der Waals surface area contributed by atoms with Crippen molar-refractivity contribution in [2.75, 3.05) is 11.1 Å². The minimum atomic E-state index is -3.80. The molecule has 13 heteroatoms. The average molecular weight is 435 g/mol. The Morgan fingerprint density at radius 1 is 1.21 bits per heavy atom. The summed E-state index contributed by atoms with van der Waals surface area (Å²) in [7, 11) is -3.80. The number of primary sulfonamides is 1. The fraction of sp³-hybridized carbons (Fsp3) is 0.0625. The van der Waals surface area contributed by atoms with E-state index in [1.165, 1.54) is 48.5 Å². The summed E-state index contributed by atoms with van der Waals surface area (Å²) < 4.78 is 28.0. The maximum Gasteiger partial charge on any atom is 0.277 e. The predicted octanol–water partition coefficient (Wildman–Crippen LogP) is 2.02. The Kier molecular flexibility index (Phi) is 5.91. The Labute approximate surface area is 168 Å². The van der Waals surface area contributed by atoms with E-state index in [9.17, 15) is 23.3 Å². The molecular weight excluding hydrogens is 422 g/mol. The molecule has 0 radical (unpaired) electrons. The molecule has 29 heavy (non-hydrogen) atoms. The molecule has 0 aliphatic heterocycles. The zero-order valence-corrected chi connectivity index (χ0v) is 16.1. The highest BCUT2D eigenvalue weighted by molar-refractivity contribution is 7.99. The van der Waals surface area contributed by atoms with Crippen molar-refractivity contribution in [3.05, 3.63) is 58.6 Å². The van der Waals surface area contributed by atoms with Crippen LogP contribution in [-0.2, 0) is 14.8 Å². The number of non-ortho nitro benzene ring substituents is 1. The van der Waals surface area contributed by atoms with Crippen molar-refractivity contribution in [1.29, 1.82) is 0 Å². The molecule has 2 aromatic carbocycles. The number of thioether (sulfide) groups is 1. The van der Waals surface area contributed by atoms with Gasteiger partial charge in [0.2, 0.25) is 21.8 Å². The lowest BCUT2D eigenvalue weighted by atomic mass is 10.2. The molecule has 1 heterocycles. The van der Waals surface area contributed by atoms with Crippen LogP contribution in [0.25, 0.3) is 11.5 Å². The number of benzene rings is 2. The van der Waals surface area contributed by atoms with Crippen LogP contribution in [-0.4, -0.2) is 35.2 Å². The normalized spacial score (nSPS) is 11.2. The largest absolute Gasteiger partial charge is 0.411 e. The molecule has 0 aliphatic rings. The Morgan fingerprint density at radius 2 is 1.93 bits per heavy atom. The molecule has 0 aliphatic carbocycles. The highest BCUT2D eigenvalue weighted by atomic mass is 32.2. The minimum absolute atomic E-state index is 0.0480. The molecule has 0 saturated carbocycles. The van der Waals surface area contributed by atoms with Crippen molar-refractivity contribution in [1.82, 2.24) is 10.2 Å². The molecule has 0 spiro atoms. The molecule has 3 rings (SSSR count).